The van der Waals surface area contributed by atoms with E-state index in [1.54, 1.807) is 36.2 Å². The van der Waals surface area contributed by atoms with E-state index in [4.69, 9.17) is 10.4 Å². The molecule has 0 spiro atoms. The van der Waals surface area contributed by atoms with Crippen molar-refractivity contribution in [2.75, 3.05) is 36.1 Å². The fraction of sp³-hybridized carbons (Fsp3) is 0.276. The molecule has 212 valence electrons. The Morgan fingerprint density at radius 2 is 2.02 bits per heavy atom. The first kappa shape index (κ1) is 28.7. The number of carbonyl (C=O) groups is 1. The standard InChI is InChI=1S/C29H29BrFN7O2S/c1-6-21(39)36-11-12-37(17(4)14-36)27-18-13-16(3)24-22-19(8-7-15(2)23(22)31)33-10-9-20(41-5)25(26(30)32)38(28(18)34-24)29(40)35-27/h6-10,13,17,32-33H,1,11-12,14H2,2-5H3/b10-9-,25-20-,32-26?. The van der Waals surface area contributed by atoms with Crippen LogP contribution in [-0.2, 0) is 4.79 Å². The van der Waals surface area contributed by atoms with Gasteiger partial charge in [-0.3, -0.25) is 10.2 Å². The van der Waals surface area contributed by atoms with Gasteiger partial charge < -0.3 is 15.1 Å². The van der Waals surface area contributed by atoms with Gasteiger partial charge in [0.05, 0.1) is 28.0 Å². The van der Waals surface area contributed by atoms with Crippen LogP contribution in [-0.4, -0.2) is 61.9 Å². The zero-order valence-electron chi connectivity index (χ0n) is 23.1. The summed E-state index contributed by atoms with van der Waals surface area (Å²) in [5, 5.41) is 12.3. The van der Waals surface area contributed by atoms with Crippen molar-refractivity contribution in [2.24, 2.45) is 0 Å². The van der Waals surface area contributed by atoms with Gasteiger partial charge in [-0.15, -0.1) is 11.8 Å². The predicted molar refractivity (Wildman–Crippen MR) is 168 cm³/mol. The molecular formula is C29H29BrFN7O2S. The number of nitrogens with zero attached hydrogens (tertiary/aromatic N) is 5. The molecule has 2 aliphatic heterocycles. The number of fused-ring (bicyclic) bond motifs is 3. The number of amides is 1. The number of carbonyl (C=O) groups excluding carboxylic acids is 1. The van der Waals surface area contributed by atoms with Crippen molar-refractivity contribution in [1.29, 1.82) is 5.41 Å². The molecule has 2 aromatic heterocycles. The number of hydrogen-bond donors (Lipinski definition) is 2. The zero-order valence-corrected chi connectivity index (χ0v) is 25.5. The third kappa shape index (κ3) is 4.99. The summed E-state index contributed by atoms with van der Waals surface area (Å²) in [6.45, 7) is 10.4. The van der Waals surface area contributed by atoms with Gasteiger partial charge in [0, 0.05) is 36.8 Å². The second-order valence-electron chi connectivity index (χ2n) is 9.94. The highest BCUT2D eigenvalue weighted by Crippen LogP contribution is 2.38. The molecule has 4 heterocycles. The van der Waals surface area contributed by atoms with Crippen LogP contribution < -0.4 is 15.9 Å². The molecule has 1 atom stereocenters. The second-order valence-corrected chi connectivity index (χ2v) is 11.6. The Kier molecular flexibility index (Phi) is 7.89. The quantitative estimate of drug-likeness (QED) is 0.296. The van der Waals surface area contributed by atoms with Crippen LogP contribution >= 0.6 is 27.7 Å². The van der Waals surface area contributed by atoms with E-state index >= 15 is 4.39 Å². The van der Waals surface area contributed by atoms with Crippen LogP contribution in [0.5, 0.6) is 0 Å². The van der Waals surface area contributed by atoms with E-state index in [2.05, 4.69) is 32.8 Å². The summed E-state index contributed by atoms with van der Waals surface area (Å²) >= 11 is 4.64. The van der Waals surface area contributed by atoms with Gasteiger partial charge in [0.25, 0.3) is 0 Å². The highest BCUT2D eigenvalue weighted by atomic mass is 79.9. The molecule has 0 saturated carbocycles. The first-order chi connectivity index (χ1) is 19.6. The maximum absolute atomic E-state index is 15.8. The number of nitrogens with one attached hydrogen (secondary N) is 2. The number of halogens is 2. The van der Waals surface area contributed by atoms with Gasteiger partial charge in [0.1, 0.15) is 16.3 Å². The van der Waals surface area contributed by atoms with Crippen molar-refractivity contribution in [3.8, 4) is 11.3 Å². The Bertz CT molecular complexity index is 1750. The SMILES string of the molecule is C=CC(=O)N1CCN(c2nc(=O)n3c4nc(c(C)cc24)-c2c(ccc(C)c2F)N/C=C\C(SC)=C\3C(=N)Br)C(C)C1. The minimum atomic E-state index is -0.622. The van der Waals surface area contributed by atoms with Gasteiger partial charge in [-0.25, -0.2) is 18.7 Å². The Labute approximate surface area is 249 Å². The van der Waals surface area contributed by atoms with Gasteiger partial charge in [-0.1, -0.05) is 12.6 Å². The number of rotatable bonds is 4. The van der Waals surface area contributed by atoms with Crippen LogP contribution in [0.25, 0.3) is 28.0 Å². The van der Waals surface area contributed by atoms with E-state index in [9.17, 15) is 9.59 Å². The van der Waals surface area contributed by atoms with E-state index in [-0.39, 0.29) is 27.9 Å². The molecule has 1 amide bonds. The highest BCUT2D eigenvalue weighted by molar-refractivity contribution is 9.18. The van der Waals surface area contributed by atoms with Crippen LogP contribution in [0.15, 0.2) is 52.8 Å². The van der Waals surface area contributed by atoms with E-state index in [0.29, 0.717) is 63.8 Å². The topological polar surface area (TPSA) is 107 Å². The summed E-state index contributed by atoms with van der Waals surface area (Å²) in [6.07, 6.45) is 6.54. The largest absolute Gasteiger partial charge is 0.361 e. The van der Waals surface area contributed by atoms with Crippen LogP contribution in [0.1, 0.15) is 18.1 Å². The molecule has 1 saturated heterocycles. The number of pyridine rings is 1. The fourth-order valence-corrected chi connectivity index (χ4v) is 6.42. The van der Waals surface area contributed by atoms with Crippen LogP contribution in [0.3, 0.4) is 0 Å². The number of aryl methyl sites for hydroxylation is 2. The second kappa shape index (κ2) is 11.2. The monoisotopic (exact) mass is 637 g/mol. The normalized spacial score (nSPS) is 19.4. The molecule has 5 rings (SSSR count). The summed E-state index contributed by atoms with van der Waals surface area (Å²) in [5.41, 5.74) is 2.25. The van der Waals surface area contributed by atoms with Gasteiger partial charge in [-0.05, 0) is 78.4 Å². The highest BCUT2D eigenvalue weighted by Gasteiger charge is 2.31. The van der Waals surface area contributed by atoms with E-state index in [1.807, 2.05) is 31.1 Å². The van der Waals surface area contributed by atoms with E-state index in [1.165, 1.54) is 22.4 Å². The van der Waals surface area contributed by atoms with Crippen LogP contribution in [0.4, 0.5) is 15.9 Å². The first-order valence-electron chi connectivity index (χ1n) is 12.9. The van der Waals surface area contributed by atoms with Crippen molar-refractivity contribution in [3.05, 3.63) is 75.5 Å². The third-order valence-electron chi connectivity index (χ3n) is 7.35. The lowest BCUT2D eigenvalue weighted by atomic mass is 10.00. The lowest BCUT2D eigenvalue weighted by Crippen LogP contribution is -2.54. The van der Waals surface area contributed by atoms with Gasteiger partial charge in [-0.2, -0.15) is 4.98 Å². The lowest BCUT2D eigenvalue weighted by molar-refractivity contribution is -0.126. The molecule has 2 bridgehead atoms. The number of anilines is 2. The van der Waals surface area contributed by atoms with Crippen LogP contribution in [0.2, 0.25) is 0 Å². The molecular weight excluding hydrogens is 609 g/mol. The Morgan fingerprint density at radius 3 is 2.68 bits per heavy atom. The van der Waals surface area contributed by atoms with Crippen molar-refractivity contribution < 1.29 is 9.18 Å². The van der Waals surface area contributed by atoms with Crippen molar-refractivity contribution in [2.45, 2.75) is 26.8 Å². The molecule has 9 nitrogen and oxygen atoms in total. The van der Waals surface area contributed by atoms with Crippen molar-refractivity contribution in [1.82, 2.24) is 19.4 Å². The van der Waals surface area contributed by atoms with E-state index < -0.39 is 11.5 Å². The molecule has 2 aliphatic rings. The minimum absolute atomic E-state index is 0.0305. The van der Waals surface area contributed by atoms with Gasteiger partial charge in [0.15, 0.2) is 5.65 Å². The average molecular weight is 639 g/mol. The minimum Gasteiger partial charge on any atom is -0.361 e. The Morgan fingerprint density at radius 1 is 1.27 bits per heavy atom. The first-order valence-corrected chi connectivity index (χ1v) is 15.0. The zero-order chi connectivity index (χ0) is 29.6. The number of hydrogen-bond acceptors (Lipinski definition) is 8. The number of thioether (sulfide) groups is 1. The predicted octanol–water partition coefficient (Wildman–Crippen LogP) is 5.28. The molecule has 0 aliphatic carbocycles. The molecule has 1 fully saturated rings. The molecule has 0 radical (unpaired) electrons. The number of piperazine rings is 1. The molecule has 41 heavy (non-hydrogen) atoms. The molecule has 12 heteroatoms. The average Bonchev–Trinajstić information content (AvgIpc) is 2.96. The Balaban J connectivity index is 1.87. The molecule has 3 aromatic rings. The molecule has 1 aromatic carbocycles. The maximum Gasteiger partial charge on any atom is 0.355 e. The Hall–Kier alpha value is -3.77. The van der Waals surface area contributed by atoms with Gasteiger partial charge >= 0.3 is 5.69 Å². The summed E-state index contributed by atoms with van der Waals surface area (Å²) in [5.74, 6) is -0.129. The summed E-state index contributed by atoms with van der Waals surface area (Å²) < 4.78 is 17.0. The summed E-state index contributed by atoms with van der Waals surface area (Å²) in [6, 6.07) is 5.22. The van der Waals surface area contributed by atoms with Crippen LogP contribution in [0, 0.1) is 25.1 Å². The number of aromatic nitrogens is 3. The van der Waals surface area contributed by atoms with E-state index in [0.717, 1.165) is 0 Å². The third-order valence-corrected chi connectivity index (χ3v) is 8.50. The van der Waals surface area contributed by atoms with Crippen molar-refractivity contribution >= 4 is 66.5 Å². The smallest absolute Gasteiger partial charge is 0.355 e. The lowest BCUT2D eigenvalue weighted by Gasteiger charge is -2.40. The maximum atomic E-state index is 15.8. The number of allylic oxidation sites excluding steroid dienone is 2. The molecule has 2 N–H and O–H groups in total. The summed E-state index contributed by atoms with van der Waals surface area (Å²) in [7, 11) is 0. The number of benzene rings is 1. The van der Waals surface area contributed by atoms with Crippen molar-refractivity contribution in [3.63, 3.8) is 0 Å². The molecule has 1 unspecified atom stereocenters. The fourth-order valence-electron chi connectivity index (χ4n) is 5.30. The summed E-state index contributed by atoms with van der Waals surface area (Å²) in [4.78, 5) is 40.0. The van der Waals surface area contributed by atoms with Gasteiger partial charge in [0.2, 0.25) is 5.91 Å².